The minimum absolute atomic E-state index is 0.0300. The van der Waals surface area contributed by atoms with Crippen LogP contribution in [-0.2, 0) is 25.7 Å². The van der Waals surface area contributed by atoms with E-state index in [1.165, 1.54) is 12.7 Å². The molecule has 1 atom stereocenters. The zero-order valence-corrected chi connectivity index (χ0v) is 16.1. The molecule has 0 aliphatic carbocycles. The highest BCUT2D eigenvalue weighted by Gasteiger charge is 2.16. The second-order valence-corrected chi connectivity index (χ2v) is 6.00. The topological polar surface area (TPSA) is 55.8 Å². The third kappa shape index (κ3) is 8.86. The van der Waals surface area contributed by atoms with Crippen LogP contribution in [0.15, 0.2) is 48.6 Å². The molecule has 5 nitrogen and oxygen atoms in total. The van der Waals surface area contributed by atoms with Crippen molar-refractivity contribution < 1.29 is 19.1 Å². The lowest BCUT2D eigenvalue weighted by atomic mass is 10.1. The molecule has 5 heteroatoms. The summed E-state index contributed by atoms with van der Waals surface area (Å²) in [5.41, 5.74) is 3.10. The Morgan fingerprint density at radius 2 is 1.64 bits per heavy atom. The van der Waals surface area contributed by atoms with E-state index in [1.807, 2.05) is 57.1 Å². The maximum absolute atomic E-state index is 11.1. The Balaban J connectivity index is 0.000000477. The molecule has 0 N–H and O–H groups in total. The SMILES string of the molecule is C=C(C(=O)OC)C(C)N(C)C.C=C(C)C(=O)OCc1ccc(C)cc1. The van der Waals surface area contributed by atoms with Crippen LogP contribution in [0.2, 0.25) is 0 Å². The molecule has 0 aliphatic heterocycles. The van der Waals surface area contributed by atoms with Gasteiger partial charge >= 0.3 is 11.9 Å². The van der Waals surface area contributed by atoms with E-state index < -0.39 is 0 Å². The van der Waals surface area contributed by atoms with Crippen LogP contribution < -0.4 is 0 Å². The van der Waals surface area contributed by atoms with Crippen molar-refractivity contribution in [3.63, 3.8) is 0 Å². The fourth-order valence-corrected chi connectivity index (χ4v) is 1.57. The number of esters is 2. The van der Waals surface area contributed by atoms with Gasteiger partial charge in [0, 0.05) is 17.2 Å². The van der Waals surface area contributed by atoms with Crippen LogP contribution in [0.4, 0.5) is 0 Å². The zero-order valence-electron chi connectivity index (χ0n) is 16.1. The quantitative estimate of drug-likeness (QED) is 0.584. The van der Waals surface area contributed by atoms with E-state index in [2.05, 4.69) is 17.9 Å². The third-order valence-corrected chi connectivity index (χ3v) is 3.57. The fourth-order valence-electron chi connectivity index (χ4n) is 1.57. The number of carbonyl (C=O) groups excluding carboxylic acids is 2. The largest absolute Gasteiger partial charge is 0.466 e. The monoisotopic (exact) mass is 347 g/mol. The van der Waals surface area contributed by atoms with Crippen LogP contribution in [0.1, 0.15) is 25.0 Å². The lowest BCUT2D eigenvalue weighted by molar-refractivity contribution is -0.140. The Morgan fingerprint density at radius 3 is 2.04 bits per heavy atom. The van der Waals surface area contributed by atoms with Gasteiger partial charge in [0.15, 0.2) is 0 Å². The number of benzene rings is 1. The first-order valence-electron chi connectivity index (χ1n) is 7.91. The van der Waals surface area contributed by atoms with E-state index in [0.29, 0.717) is 17.8 Å². The lowest BCUT2D eigenvalue weighted by Gasteiger charge is -2.20. The van der Waals surface area contributed by atoms with Gasteiger partial charge in [0.05, 0.1) is 7.11 Å². The number of methoxy groups -OCH3 is 1. The molecule has 0 fully saturated rings. The average Bonchev–Trinajstić information content (AvgIpc) is 2.59. The van der Waals surface area contributed by atoms with Crippen molar-refractivity contribution in [1.82, 2.24) is 4.90 Å². The summed E-state index contributed by atoms with van der Waals surface area (Å²) in [6.45, 7) is 13.0. The van der Waals surface area contributed by atoms with Gasteiger partial charge < -0.3 is 14.4 Å². The summed E-state index contributed by atoms with van der Waals surface area (Å²) in [6.07, 6.45) is 0. The predicted octanol–water partition coefficient (Wildman–Crippen LogP) is 3.28. The molecule has 138 valence electrons. The van der Waals surface area contributed by atoms with Crippen molar-refractivity contribution in [3.05, 3.63) is 59.7 Å². The molecular weight excluding hydrogens is 318 g/mol. The molecule has 1 aromatic rings. The summed E-state index contributed by atoms with van der Waals surface area (Å²) in [6, 6.07) is 7.90. The molecule has 0 aromatic heterocycles. The van der Waals surface area contributed by atoms with Crippen LogP contribution in [0.3, 0.4) is 0 Å². The zero-order chi connectivity index (χ0) is 19.6. The van der Waals surface area contributed by atoms with Gasteiger partial charge in [-0.25, -0.2) is 9.59 Å². The Kier molecular flexibility index (Phi) is 10.1. The number of nitrogens with zero attached hydrogens (tertiary/aromatic N) is 1. The van der Waals surface area contributed by atoms with E-state index in [4.69, 9.17) is 4.74 Å². The van der Waals surface area contributed by atoms with Crippen molar-refractivity contribution in [2.45, 2.75) is 33.4 Å². The molecule has 1 rings (SSSR count). The van der Waals surface area contributed by atoms with Gasteiger partial charge in [0.25, 0.3) is 0 Å². The number of carbonyl (C=O) groups is 2. The molecule has 0 bridgehead atoms. The highest BCUT2D eigenvalue weighted by molar-refractivity contribution is 5.88. The number of ether oxygens (including phenoxy) is 2. The van der Waals surface area contributed by atoms with Crippen LogP contribution in [0.25, 0.3) is 0 Å². The number of aryl methyl sites for hydroxylation is 1. The summed E-state index contributed by atoms with van der Waals surface area (Å²) in [5.74, 6) is -0.684. The molecule has 1 aromatic carbocycles. The molecule has 0 radical (unpaired) electrons. The molecule has 0 amide bonds. The molecule has 1 unspecified atom stereocenters. The first-order chi connectivity index (χ1) is 11.6. The number of likely N-dealkylation sites (N-methyl/N-ethyl adjacent to an activating group) is 1. The minimum atomic E-state index is -0.342. The third-order valence-electron chi connectivity index (χ3n) is 3.57. The summed E-state index contributed by atoms with van der Waals surface area (Å²) in [7, 11) is 5.13. The van der Waals surface area contributed by atoms with Gasteiger partial charge in [-0.3, -0.25) is 0 Å². The van der Waals surface area contributed by atoms with Crippen molar-refractivity contribution in [1.29, 1.82) is 0 Å². The smallest absolute Gasteiger partial charge is 0.334 e. The highest BCUT2D eigenvalue weighted by atomic mass is 16.5. The second kappa shape index (κ2) is 11.2. The minimum Gasteiger partial charge on any atom is -0.466 e. The van der Waals surface area contributed by atoms with Gasteiger partial charge in [-0.05, 0) is 40.4 Å². The number of hydrogen-bond donors (Lipinski definition) is 0. The van der Waals surface area contributed by atoms with E-state index in [0.717, 1.165) is 5.56 Å². The van der Waals surface area contributed by atoms with Gasteiger partial charge in [0.1, 0.15) is 6.61 Å². The molecule has 0 saturated heterocycles. The van der Waals surface area contributed by atoms with Crippen LogP contribution >= 0.6 is 0 Å². The maximum Gasteiger partial charge on any atom is 0.334 e. The first kappa shape index (κ1) is 22.6. The Hall–Kier alpha value is -2.40. The molecule has 0 saturated carbocycles. The van der Waals surface area contributed by atoms with Gasteiger partial charge in [-0.15, -0.1) is 0 Å². The molecule has 25 heavy (non-hydrogen) atoms. The van der Waals surface area contributed by atoms with Crippen molar-refractivity contribution in [2.24, 2.45) is 0 Å². The van der Waals surface area contributed by atoms with E-state index in [-0.39, 0.29) is 18.0 Å². The lowest BCUT2D eigenvalue weighted by Crippen LogP contribution is -2.30. The van der Waals surface area contributed by atoms with Crippen molar-refractivity contribution in [2.75, 3.05) is 21.2 Å². The highest BCUT2D eigenvalue weighted by Crippen LogP contribution is 2.06. The average molecular weight is 347 g/mol. The normalized spacial score (nSPS) is 11.0. The fraction of sp³-hybridized carbons (Fsp3) is 0.400. The van der Waals surface area contributed by atoms with Crippen LogP contribution in [0, 0.1) is 6.92 Å². The Morgan fingerprint density at radius 1 is 1.12 bits per heavy atom. The summed E-state index contributed by atoms with van der Waals surface area (Å²) >= 11 is 0. The summed E-state index contributed by atoms with van der Waals surface area (Å²) in [4.78, 5) is 23.9. The molecular formula is C20H29NO4. The number of hydrogen-bond acceptors (Lipinski definition) is 5. The maximum atomic E-state index is 11.1. The van der Waals surface area contributed by atoms with E-state index >= 15 is 0 Å². The standard InChI is InChI=1S/C12H14O2.C8H15NO2/c1-9(2)12(13)14-8-11-6-4-10(3)5-7-11;1-6(8(10)11-5)7(2)9(3)4/h4-7H,1,8H2,2-3H3;7H,1H2,2-5H3. The van der Waals surface area contributed by atoms with E-state index in [9.17, 15) is 9.59 Å². The van der Waals surface area contributed by atoms with Gasteiger partial charge in [-0.1, -0.05) is 43.0 Å². The van der Waals surface area contributed by atoms with Crippen molar-refractivity contribution in [3.8, 4) is 0 Å². The Labute approximate surface area is 150 Å². The number of rotatable bonds is 6. The van der Waals surface area contributed by atoms with Gasteiger partial charge in [0.2, 0.25) is 0 Å². The molecule has 0 heterocycles. The van der Waals surface area contributed by atoms with Crippen LogP contribution in [0.5, 0.6) is 0 Å². The molecule has 0 spiro atoms. The van der Waals surface area contributed by atoms with Crippen molar-refractivity contribution >= 4 is 11.9 Å². The predicted molar refractivity (Wildman–Crippen MR) is 100 cm³/mol. The Bertz CT molecular complexity index is 603. The van der Waals surface area contributed by atoms with Crippen LogP contribution in [-0.4, -0.2) is 44.1 Å². The molecule has 0 aliphatic rings. The first-order valence-corrected chi connectivity index (χ1v) is 7.91. The summed E-state index contributed by atoms with van der Waals surface area (Å²) < 4.78 is 9.51. The second-order valence-electron chi connectivity index (χ2n) is 6.00. The van der Waals surface area contributed by atoms with E-state index in [1.54, 1.807) is 6.92 Å². The van der Waals surface area contributed by atoms with Gasteiger partial charge in [-0.2, -0.15) is 0 Å². The summed E-state index contributed by atoms with van der Waals surface area (Å²) in [5, 5.41) is 0.